The minimum absolute atomic E-state index is 0.0395. The minimum atomic E-state index is -1.58. The van der Waals surface area contributed by atoms with E-state index in [1.54, 1.807) is 12.1 Å². The predicted molar refractivity (Wildman–Crippen MR) is 139 cm³/mol. The van der Waals surface area contributed by atoms with Gasteiger partial charge in [0, 0.05) is 17.7 Å². The predicted octanol–water partition coefficient (Wildman–Crippen LogP) is -1.66. The fourth-order valence-electron chi connectivity index (χ4n) is 4.26. The molecule has 3 rings (SSSR count). The van der Waals surface area contributed by atoms with Crippen LogP contribution in [0.5, 0.6) is 11.6 Å². The number of nitrogens with one attached hydrogen (secondary N) is 2. The summed E-state index contributed by atoms with van der Waals surface area (Å²) in [5, 5.41) is 58.6. The van der Waals surface area contributed by atoms with E-state index < -0.39 is 61.8 Å². The Kier molecular flexibility index (Phi) is 10.8. The molecule has 6 atom stereocenters. The molecule has 40 heavy (non-hydrogen) atoms. The van der Waals surface area contributed by atoms with Crippen molar-refractivity contribution in [2.45, 2.75) is 76.3 Å². The van der Waals surface area contributed by atoms with Crippen LogP contribution in [0.2, 0.25) is 0 Å². The fraction of sp³-hybridized carbons (Fsp3) is 0.577. The number of aryl methyl sites for hydroxylation is 1. The van der Waals surface area contributed by atoms with Crippen LogP contribution in [0.1, 0.15) is 48.6 Å². The Morgan fingerprint density at radius 1 is 1.18 bits per heavy atom. The molecule has 0 saturated carbocycles. The number of aliphatic hydroxyl groups is 5. The number of nitrogens with zero attached hydrogens (tertiary/aromatic N) is 1. The summed E-state index contributed by atoms with van der Waals surface area (Å²) in [6.45, 7) is 4.71. The number of rotatable bonds is 13. The van der Waals surface area contributed by atoms with Crippen LogP contribution in [0.4, 0.5) is 0 Å². The summed E-state index contributed by atoms with van der Waals surface area (Å²) in [4.78, 5) is 23.1. The van der Waals surface area contributed by atoms with Crippen LogP contribution in [-0.4, -0.2) is 104 Å². The second-order valence-electron chi connectivity index (χ2n) is 9.96. The van der Waals surface area contributed by atoms with Crippen molar-refractivity contribution in [1.29, 1.82) is 0 Å². The molecule has 0 aliphatic carbocycles. The van der Waals surface area contributed by atoms with E-state index in [9.17, 15) is 30.0 Å². The number of aromatic amines is 1. The smallest absolute Gasteiger partial charge is 0.242 e. The van der Waals surface area contributed by atoms with Gasteiger partial charge in [0.25, 0.3) is 0 Å². The Morgan fingerprint density at radius 3 is 2.50 bits per heavy atom. The van der Waals surface area contributed by atoms with E-state index in [1.807, 2.05) is 26.8 Å². The number of carbonyl (C=O) groups excluding carboxylic acids is 2. The molecule has 0 unspecified atom stereocenters. The van der Waals surface area contributed by atoms with E-state index in [0.717, 1.165) is 16.8 Å². The first-order chi connectivity index (χ1) is 19.0. The van der Waals surface area contributed by atoms with Gasteiger partial charge < -0.3 is 50.8 Å². The van der Waals surface area contributed by atoms with Crippen LogP contribution in [0.25, 0.3) is 0 Å². The van der Waals surface area contributed by atoms with Gasteiger partial charge in [0.05, 0.1) is 26.2 Å². The molecule has 1 fully saturated rings. The molecule has 0 radical (unpaired) electrons. The summed E-state index contributed by atoms with van der Waals surface area (Å²) in [5.41, 5.74) is 8.39. The van der Waals surface area contributed by atoms with E-state index in [-0.39, 0.29) is 24.8 Å². The summed E-state index contributed by atoms with van der Waals surface area (Å²) < 4.78 is 17.0. The van der Waals surface area contributed by atoms with Gasteiger partial charge in [0.1, 0.15) is 36.2 Å². The molecule has 14 heteroatoms. The number of primary amides is 1. The van der Waals surface area contributed by atoms with Crippen LogP contribution in [0.15, 0.2) is 18.2 Å². The monoisotopic (exact) mass is 566 g/mol. The number of aromatic nitrogens is 2. The van der Waals surface area contributed by atoms with Crippen LogP contribution < -0.4 is 20.5 Å². The summed E-state index contributed by atoms with van der Waals surface area (Å²) in [5.74, 6) is -0.599. The highest BCUT2D eigenvalue weighted by Crippen LogP contribution is 2.32. The minimum Gasteiger partial charge on any atom is -0.493 e. The summed E-state index contributed by atoms with van der Waals surface area (Å²) in [7, 11) is 0. The number of carbonyl (C=O) groups is 2. The number of aliphatic hydroxyl groups excluding tert-OH is 5. The van der Waals surface area contributed by atoms with Gasteiger partial charge in [-0.3, -0.25) is 14.7 Å². The van der Waals surface area contributed by atoms with E-state index in [2.05, 4.69) is 15.5 Å². The third-order valence-corrected chi connectivity index (χ3v) is 6.66. The highest BCUT2D eigenvalue weighted by atomic mass is 16.7. The molecule has 0 spiro atoms. The van der Waals surface area contributed by atoms with Crippen molar-refractivity contribution in [3.63, 3.8) is 0 Å². The average Bonchev–Trinajstić information content (AvgIpc) is 3.31. The Morgan fingerprint density at radius 2 is 1.90 bits per heavy atom. The average molecular weight is 567 g/mol. The summed E-state index contributed by atoms with van der Waals surface area (Å²) in [6.07, 6.45) is -6.80. The van der Waals surface area contributed by atoms with Gasteiger partial charge in [-0.25, -0.2) is 0 Å². The zero-order valence-corrected chi connectivity index (χ0v) is 22.6. The Labute approximate surface area is 231 Å². The second kappa shape index (κ2) is 13.9. The van der Waals surface area contributed by atoms with Gasteiger partial charge in [0.2, 0.25) is 24.0 Å². The van der Waals surface area contributed by atoms with Gasteiger partial charge in [-0.1, -0.05) is 19.9 Å². The Hall–Kier alpha value is -3.27. The van der Waals surface area contributed by atoms with Crippen molar-refractivity contribution in [1.82, 2.24) is 15.5 Å². The molecule has 1 aliphatic rings. The van der Waals surface area contributed by atoms with Gasteiger partial charge >= 0.3 is 0 Å². The number of hydrogen-bond acceptors (Lipinski definition) is 11. The van der Waals surface area contributed by atoms with E-state index in [1.165, 1.54) is 0 Å². The van der Waals surface area contributed by atoms with Crippen molar-refractivity contribution in [3.05, 3.63) is 40.6 Å². The lowest BCUT2D eigenvalue weighted by atomic mass is 9.96. The maximum Gasteiger partial charge on any atom is 0.242 e. The van der Waals surface area contributed by atoms with Crippen LogP contribution >= 0.6 is 0 Å². The maximum atomic E-state index is 12.0. The normalized spacial score (nSPS) is 23.6. The molecule has 1 aromatic heterocycles. The summed E-state index contributed by atoms with van der Waals surface area (Å²) >= 11 is 0. The molecule has 0 bridgehead atoms. The summed E-state index contributed by atoms with van der Waals surface area (Å²) in [6, 6.07) is 4.25. The molecule has 2 amide bonds. The lowest BCUT2D eigenvalue weighted by Gasteiger charge is -2.39. The third-order valence-electron chi connectivity index (χ3n) is 6.66. The van der Waals surface area contributed by atoms with Gasteiger partial charge in [-0.15, -0.1) is 5.10 Å². The quantitative estimate of drug-likeness (QED) is 0.137. The topological polar surface area (TPSA) is 230 Å². The van der Waals surface area contributed by atoms with Crippen molar-refractivity contribution >= 4 is 11.8 Å². The number of benzene rings is 1. The largest absolute Gasteiger partial charge is 0.493 e. The highest BCUT2D eigenvalue weighted by molar-refractivity contribution is 5.86. The molecule has 1 saturated heterocycles. The number of H-pyrrole nitrogens is 1. The van der Waals surface area contributed by atoms with Crippen molar-refractivity contribution in [3.8, 4) is 11.6 Å². The van der Waals surface area contributed by atoms with Crippen LogP contribution in [-0.2, 0) is 20.7 Å². The molecule has 14 nitrogen and oxygen atoms in total. The lowest BCUT2D eigenvalue weighted by Crippen LogP contribution is -2.60. The van der Waals surface area contributed by atoms with E-state index >= 15 is 0 Å². The first-order valence-corrected chi connectivity index (χ1v) is 12.9. The van der Waals surface area contributed by atoms with Gasteiger partial charge in [-0.05, 0) is 36.1 Å². The van der Waals surface area contributed by atoms with Gasteiger partial charge in [-0.2, -0.15) is 0 Å². The highest BCUT2D eigenvalue weighted by Gasteiger charge is 2.45. The Bertz CT molecular complexity index is 1150. The molecule has 1 aromatic carbocycles. The molecule has 9 N–H and O–H groups in total. The molecular formula is C26H38N4O10. The van der Waals surface area contributed by atoms with Crippen LogP contribution in [0.3, 0.4) is 0 Å². The maximum absolute atomic E-state index is 12.0. The van der Waals surface area contributed by atoms with Crippen molar-refractivity contribution < 1.29 is 49.3 Å². The Balaban J connectivity index is 1.69. The number of ether oxygens (including phenoxy) is 3. The molecule has 2 heterocycles. The van der Waals surface area contributed by atoms with Crippen molar-refractivity contribution in [2.24, 2.45) is 5.73 Å². The molecule has 222 valence electrons. The van der Waals surface area contributed by atoms with Crippen LogP contribution in [0, 0.1) is 6.92 Å². The molecular weight excluding hydrogens is 528 g/mol. The standard InChI is InChI=1S/C26H38N4O10/c1-12(2)20-16(25(30-29-20)40-26-23(36)22(35)21(34)18(11-32)39-26)9-14-4-5-15(8-13(14)3)38-7-6-19(33)28-17(10-31)24(27)37/h4-5,8,12,17-18,21-23,26,31-32,34-36H,6-7,9-11H2,1-3H3,(H2,27,37)(H,28,33)(H,29,30)/t17-,18+,21+,22-,23+,26-/m0/s1. The first kappa shape index (κ1) is 31.3. The van der Waals surface area contributed by atoms with Gasteiger partial charge in [0.15, 0.2) is 0 Å². The molecule has 2 aromatic rings. The zero-order valence-electron chi connectivity index (χ0n) is 22.6. The third kappa shape index (κ3) is 7.47. The van der Waals surface area contributed by atoms with E-state index in [4.69, 9.17) is 25.1 Å². The fourth-order valence-corrected chi connectivity index (χ4v) is 4.26. The zero-order chi connectivity index (χ0) is 29.6. The SMILES string of the molecule is Cc1cc(OCCC(=O)N[C@@H](CO)C(N)=O)ccc1Cc1c(O[C@@H]2O[C@H](CO)[C@@H](O)[C@H](O)[C@H]2O)n[nH]c1C(C)C. The lowest BCUT2D eigenvalue weighted by molar-refractivity contribution is -0.278. The van der Waals surface area contributed by atoms with Crippen molar-refractivity contribution in [2.75, 3.05) is 19.8 Å². The number of nitrogens with two attached hydrogens (primary N) is 1. The number of hydrogen-bond donors (Lipinski definition) is 8. The first-order valence-electron chi connectivity index (χ1n) is 12.9. The van der Waals surface area contributed by atoms with E-state index in [0.29, 0.717) is 17.7 Å². The number of amides is 2. The molecule has 1 aliphatic heterocycles. The second-order valence-corrected chi connectivity index (χ2v) is 9.96.